The molecule has 6 heteroatoms. The number of aromatic nitrogens is 1. The van der Waals surface area contributed by atoms with E-state index in [2.05, 4.69) is 4.74 Å². The van der Waals surface area contributed by atoms with Crippen LogP contribution in [0.2, 0.25) is 0 Å². The number of rotatable bonds is 2. The van der Waals surface area contributed by atoms with Crippen LogP contribution in [0.5, 0.6) is 0 Å². The third kappa shape index (κ3) is 1.58. The number of hydrogen-bond donors (Lipinski definition) is 0. The first kappa shape index (κ1) is 12.8. The highest BCUT2D eigenvalue weighted by Crippen LogP contribution is 2.37. The van der Waals surface area contributed by atoms with E-state index in [1.807, 2.05) is 0 Å². The number of esters is 1. The molecule has 20 heavy (non-hydrogen) atoms. The number of nitrogens with zero attached hydrogens (tertiary/aromatic N) is 1. The summed E-state index contributed by atoms with van der Waals surface area (Å²) in [6.07, 6.45) is 0. The number of fused-ring (bicyclic) bond motifs is 3. The molecule has 0 saturated carbocycles. The Bertz CT molecular complexity index is 787. The molecule has 0 N–H and O–H groups in total. The van der Waals surface area contributed by atoms with Gasteiger partial charge >= 0.3 is 5.97 Å². The lowest BCUT2D eigenvalue weighted by Gasteiger charge is -2.08. The minimum Gasteiger partial charge on any atom is -0.467 e. The standard InChI is InChI=1S/C14H11NO4S/c1-7(14(18)19-2)15-13(17)10-8-5-3-4-6-9(8)11(16)12(10)20-15/h3-7H,1-2H3. The fourth-order valence-electron chi connectivity index (χ4n) is 2.33. The van der Waals surface area contributed by atoms with Crippen molar-refractivity contribution in [2.75, 3.05) is 7.11 Å². The van der Waals surface area contributed by atoms with Crippen LogP contribution in [0.3, 0.4) is 0 Å². The van der Waals surface area contributed by atoms with Gasteiger partial charge in [0.2, 0.25) is 5.78 Å². The van der Waals surface area contributed by atoms with Gasteiger partial charge in [-0.2, -0.15) is 0 Å². The van der Waals surface area contributed by atoms with Crippen molar-refractivity contribution in [3.8, 4) is 11.1 Å². The van der Waals surface area contributed by atoms with Crippen molar-refractivity contribution in [1.29, 1.82) is 0 Å². The van der Waals surface area contributed by atoms with Crippen LogP contribution in [0.4, 0.5) is 0 Å². The zero-order valence-electron chi connectivity index (χ0n) is 10.9. The smallest absolute Gasteiger partial charge is 0.329 e. The third-order valence-corrected chi connectivity index (χ3v) is 4.62. The van der Waals surface area contributed by atoms with Gasteiger partial charge in [0.25, 0.3) is 5.56 Å². The second-order valence-electron chi connectivity index (χ2n) is 4.50. The Labute approximate surface area is 118 Å². The van der Waals surface area contributed by atoms with E-state index in [4.69, 9.17) is 0 Å². The van der Waals surface area contributed by atoms with Gasteiger partial charge < -0.3 is 4.74 Å². The van der Waals surface area contributed by atoms with E-state index in [-0.39, 0.29) is 11.3 Å². The molecular weight excluding hydrogens is 278 g/mol. The van der Waals surface area contributed by atoms with Crippen molar-refractivity contribution in [1.82, 2.24) is 3.96 Å². The summed E-state index contributed by atoms with van der Waals surface area (Å²) in [4.78, 5) is 36.7. The predicted molar refractivity (Wildman–Crippen MR) is 74.2 cm³/mol. The monoisotopic (exact) mass is 289 g/mol. The summed E-state index contributed by atoms with van der Waals surface area (Å²) >= 11 is 1.02. The highest BCUT2D eigenvalue weighted by molar-refractivity contribution is 7.10. The van der Waals surface area contributed by atoms with Gasteiger partial charge in [0.1, 0.15) is 10.9 Å². The van der Waals surface area contributed by atoms with Gasteiger partial charge in [-0.1, -0.05) is 35.8 Å². The molecule has 1 aromatic heterocycles. The van der Waals surface area contributed by atoms with E-state index >= 15 is 0 Å². The summed E-state index contributed by atoms with van der Waals surface area (Å²) in [6.45, 7) is 1.58. The number of carbonyl (C=O) groups is 2. The molecule has 0 saturated heterocycles. The van der Waals surface area contributed by atoms with Gasteiger partial charge in [0, 0.05) is 11.1 Å². The van der Waals surface area contributed by atoms with Crippen LogP contribution in [-0.2, 0) is 9.53 Å². The quantitative estimate of drug-likeness (QED) is 0.675. The summed E-state index contributed by atoms with van der Waals surface area (Å²) in [5, 5.41) is 0. The van der Waals surface area contributed by atoms with E-state index in [9.17, 15) is 14.4 Å². The Hall–Kier alpha value is -2.21. The van der Waals surface area contributed by atoms with Crippen LogP contribution in [0.1, 0.15) is 28.2 Å². The Morgan fingerprint density at radius 2 is 1.90 bits per heavy atom. The number of benzene rings is 1. The van der Waals surface area contributed by atoms with E-state index in [1.54, 1.807) is 31.2 Å². The largest absolute Gasteiger partial charge is 0.467 e. The zero-order valence-corrected chi connectivity index (χ0v) is 11.7. The summed E-state index contributed by atoms with van der Waals surface area (Å²) in [5.74, 6) is -0.665. The maximum Gasteiger partial charge on any atom is 0.329 e. The van der Waals surface area contributed by atoms with Gasteiger partial charge in [-0.05, 0) is 6.92 Å². The molecule has 3 rings (SSSR count). The topological polar surface area (TPSA) is 65.4 Å². The highest BCUT2D eigenvalue weighted by atomic mass is 32.1. The lowest BCUT2D eigenvalue weighted by molar-refractivity contribution is -0.143. The number of hydrogen-bond acceptors (Lipinski definition) is 5. The molecule has 1 unspecified atom stereocenters. The average molecular weight is 289 g/mol. The van der Waals surface area contributed by atoms with Crippen molar-refractivity contribution in [3.63, 3.8) is 0 Å². The van der Waals surface area contributed by atoms with Crippen LogP contribution in [0.15, 0.2) is 29.1 Å². The first-order chi connectivity index (χ1) is 9.56. The van der Waals surface area contributed by atoms with E-state index in [0.29, 0.717) is 21.6 Å². The minimum atomic E-state index is -0.733. The summed E-state index contributed by atoms with van der Waals surface area (Å²) in [5.41, 5.74) is 1.26. The third-order valence-electron chi connectivity index (χ3n) is 3.37. The summed E-state index contributed by atoms with van der Waals surface area (Å²) < 4.78 is 5.94. The molecular formula is C14H11NO4S. The van der Waals surface area contributed by atoms with Crippen molar-refractivity contribution in [2.45, 2.75) is 13.0 Å². The number of methoxy groups -OCH3 is 1. The van der Waals surface area contributed by atoms with Gasteiger partial charge in [0.15, 0.2) is 0 Å². The molecule has 0 amide bonds. The van der Waals surface area contributed by atoms with E-state index in [1.165, 1.54) is 11.1 Å². The van der Waals surface area contributed by atoms with E-state index in [0.717, 1.165) is 11.5 Å². The van der Waals surface area contributed by atoms with Crippen LogP contribution in [-0.4, -0.2) is 22.8 Å². The van der Waals surface area contributed by atoms with Gasteiger partial charge in [0.05, 0.1) is 12.7 Å². The first-order valence-electron chi connectivity index (χ1n) is 6.04. The first-order valence-corrected chi connectivity index (χ1v) is 6.81. The van der Waals surface area contributed by atoms with Crippen LogP contribution >= 0.6 is 11.5 Å². The Morgan fingerprint density at radius 1 is 1.25 bits per heavy atom. The molecule has 1 aliphatic rings. The molecule has 1 atom stereocenters. The van der Waals surface area contributed by atoms with Crippen LogP contribution in [0, 0.1) is 0 Å². The maximum atomic E-state index is 12.4. The minimum absolute atomic E-state index is 0.159. The van der Waals surface area contributed by atoms with Crippen LogP contribution in [0.25, 0.3) is 11.1 Å². The second kappa shape index (κ2) is 4.42. The zero-order chi connectivity index (χ0) is 14.4. The summed E-state index contributed by atoms with van der Waals surface area (Å²) in [6, 6.07) is 6.27. The number of ether oxygens (including phenoxy) is 1. The molecule has 0 radical (unpaired) electrons. The average Bonchev–Trinajstić information content (AvgIpc) is 2.95. The molecule has 0 spiro atoms. The molecule has 0 fully saturated rings. The molecule has 0 bridgehead atoms. The fraction of sp³-hybridized carbons (Fsp3) is 0.214. The SMILES string of the molecule is COC(=O)C(C)n1sc2c(c1=O)-c1ccccc1C2=O. The van der Waals surface area contributed by atoms with E-state index < -0.39 is 12.0 Å². The van der Waals surface area contributed by atoms with Gasteiger partial charge in [-0.15, -0.1) is 0 Å². The normalized spacial score (nSPS) is 13.8. The Kier molecular flexibility index (Phi) is 2.83. The molecule has 102 valence electrons. The molecule has 2 aromatic rings. The number of carbonyl (C=O) groups excluding carboxylic acids is 2. The molecule has 1 heterocycles. The lowest BCUT2D eigenvalue weighted by Crippen LogP contribution is -2.25. The molecule has 5 nitrogen and oxygen atoms in total. The Morgan fingerprint density at radius 3 is 2.55 bits per heavy atom. The fourth-order valence-corrected chi connectivity index (χ4v) is 3.42. The molecule has 0 aliphatic heterocycles. The van der Waals surface area contributed by atoms with Crippen molar-refractivity contribution >= 4 is 23.3 Å². The Balaban J connectivity index is 2.21. The molecule has 1 aromatic carbocycles. The maximum absolute atomic E-state index is 12.4. The number of ketones is 1. The predicted octanol–water partition coefficient (Wildman–Crippen LogP) is 1.86. The molecule has 1 aliphatic carbocycles. The van der Waals surface area contributed by atoms with Gasteiger partial charge in [-0.3, -0.25) is 9.59 Å². The lowest BCUT2D eigenvalue weighted by atomic mass is 10.1. The van der Waals surface area contributed by atoms with Crippen molar-refractivity contribution in [3.05, 3.63) is 45.1 Å². The van der Waals surface area contributed by atoms with Crippen LogP contribution < -0.4 is 5.56 Å². The van der Waals surface area contributed by atoms with Crippen molar-refractivity contribution < 1.29 is 14.3 Å². The highest BCUT2D eigenvalue weighted by Gasteiger charge is 2.34. The second-order valence-corrected chi connectivity index (χ2v) is 5.48. The van der Waals surface area contributed by atoms with Crippen molar-refractivity contribution in [2.24, 2.45) is 0 Å². The van der Waals surface area contributed by atoms with Gasteiger partial charge in [-0.25, -0.2) is 8.75 Å². The summed E-state index contributed by atoms with van der Waals surface area (Å²) in [7, 11) is 1.27.